The maximum Gasteiger partial charge on any atom is 0.251 e. The van der Waals surface area contributed by atoms with Crippen LogP contribution in [0.3, 0.4) is 0 Å². The molecular formula is C16H19N3O2. The number of nitrogen functional groups attached to an aromatic ring is 1. The minimum Gasteiger partial charge on any atom is -0.398 e. The summed E-state index contributed by atoms with van der Waals surface area (Å²) in [6.07, 6.45) is 1.48. The molecule has 0 unspecified atom stereocenters. The number of likely N-dealkylation sites (N-methyl/N-ethyl adjacent to an activating group) is 1. The Balaban J connectivity index is 2.23. The molecule has 0 radical (unpaired) electrons. The molecule has 5 nitrogen and oxygen atoms in total. The highest BCUT2D eigenvalue weighted by Gasteiger charge is 2.13. The van der Waals surface area contributed by atoms with Crippen molar-refractivity contribution in [1.82, 2.24) is 4.57 Å². The smallest absolute Gasteiger partial charge is 0.251 e. The zero-order valence-electron chi connectivity index (χ0n) is 12.5. The number of nitrogens with zero attached hydrogens (tertiary/aromatic N) is 2. The van der Waals surface area contributed by atoms with Crippen LogP contribution in [0.5, 0.6) is 0 Å². The van der Waals surface area contributed by atoms with E-state index in [9.17, 15) is 9.59 Å². The number of anilines is 2. The number of aromatic nitrogens is 1. The van der Waals surface area contributed by atoms with Gasteiger partial charge in [0.25, 0.3) is 5.56 Å². The summed E-state index contributed by atoms with van der Waals surface area (Å²) >= 11 is 0. The molecule has 0 spiro atoms. The molecule has 2 rings (SSSR count). The van der Waals surface area contributed by atoms with Gasteiger partial charge in [-0.25, -0.2) is 0 Å². The third-order valence-corrected chi connectivity index (χ3v) is 3.28. The minimum atomic E-state index is -0.244. The molecule has 1 aromatic heterocycles. The van der Waals surface area contributed by atoms with Crippen molar-refractivity contribution in [3.63, 3.8) is 0 Å². The first-order valence-corrected chi connectivity index (χ1v) is 6.67. The lowest BCUT2D eigenvalue weighted by Gasteiger charge is -2.19. The largest absolute Gasteiger partial charge is 0.398 e. The summed E-state index contributed by atoms with van der Waals surface area (Å²) in [4.78, 5) is 25.6. The van der Waals surface area contributed by atoms with Crippen molar-refractivity contribution in [1.29, 1.82) is 0 Å². The van der Waals surface area contributed by atoms with E-state index in [1.54, 1.807) is 11.9 Å². The number of hydrogen-bond acceptors (Lipinski definition) is 3. The van der Waals surface area contributed by atoms with Crippen molar-refractivity contribution in [3.05, 3.63) is 58.0 Å². The van der Waals surface area contributed by atoms with Crippen molar-refractivity contribution >= 4 is 17.3 Å². The SMILES string of the molecule is Cc1cc(C)cc(N(C)C(=O)Cn2cc(N)ccc2=O)c1. The van der Waals surface area contributed by atoms with Gasteiger partial charge in [0.15, 0.2) is 0 Å². The summed E-state index contributed by atoms with van der Waals surface area (Å²) in [5.74, 6) is -0.173. The van der Waals surface area contributed by atoms with Gasteiger partial charge in [0, 0.05) is 30.7 Å². The van der Waals surface area contributed by atoms with E-state index in [2.05, 4.69) is 0 Å². The molecular weight excluding hydrogens is 266 g/mol. The Morgan fingerprint density at radius 1 is 1.19 bits per heavy atom. The molecule has 0 aliphatic rings. The van der Waals surface area contributed by atoms with Crippen LogP contribution in [0.2, 0.25) is 0 Å². The molecule has 2 N–H and O–H groups in total. The topological polar surface area (TPSA) is 68.3 Å². The van der Waals surface area contributed by atoms with Crippen LogP contribution < -0.4 is 16.2 Å². The summed E-state index contributed by atoms with van der Waals surface area (Å²) in [5.41, 5.74) is 8.85. The average Bonchev–Trinajstić information content (AvgIpc) is 2.41. The molecule has 21 heavy (non-hydrogen) atoms. The summed E-state index contributed by atoms with van der Waals surface area (Å²) in [6, 6.07) is 8.81. The number of rotatable bonds is 3. The highest BCUT2D eigenvalue weighted by Crippen LogP contribution is 2.17. The Labute approximate surface area is 123 Å². The van der Waals surface area contributed by atoms with Crippen LogP contribution >= 0.6 is 0 Å². The molecule has 0 fully saturated rings. The van der Waals surface area contributed by atoms with Crippen LogP contribution in [0.25, 0.3) is 0 Å². The molecule has 5 heteroatoms. The Kier molecular flexibility index (Phi) is 4.12. The van der Waals surface area contributed by atoms with Gasteiger partial charge in [0.05, 0.1) is 0 Å². The van der Waals surface area contributed by atoms with Crippen molar-refractivity contribution in [3.8, 4) is 0 Å². The van der Waals surface area contributed by atoms with E-state index in [0.717, 1.165) is 16.8 Å². The third-order valence-electron chi connectivity index (χ3n) is 3.28. The number of nitrogens with two attached hydrogens (primary N) is 1. The van der Waals surface area contributed by atoms with Gasteiger partial charge in [-0.2, -0.15) is 0 Å². The van der Waals surface area contributed by atoms with Gasteiger partial charge in [0.1, 0.15) is 6.54 Å². The number of aryl methyl sites for hydroxylation is 2. The van der Waals surface area contributed by atoms with Crippen molar-refractivity contribution < 1.29 is 4.79 Å². The van der Waals surface area contributed by atoms with E-state index >= 15 is 0 Å². The molecule has 0 aliphatic carbocycles. The summed E-state index contributed by atoms with van der Waals surface area (Å²) in [6.45, 7) is 3.93. The summed E-state index contributed by atoms with van der Waals surface area (Å²) in [7, 11) is 1.70. The van der Waals surface area contributed by atoms with E-state index < -0.39 is 0 Å². The molecule has 110 valence electrons. The van der Waals surface area contributed by atoms with Gasteiger partial charge in [-0.3, -0.25) is 9.59 Å². The maximum absolute atomic E-state index is 12.3. The number of carbonyl (C=O) groups excluding carboxylic acids is 1. The van der Waals surface area contributed by atoms with Crippen LogP contribution in [-0.4, -0.2) is 17.5 Å². The highest BCUT2D eigenvalue weighted by molar-refractivity contribution is 5.92. The normalized spacial score (nSPS) is 10.4. The summed E-state index contributed by atoms with van der Waals surface area (Å²) < 4.78 is 1.32. The Morgan fingerprint density at radius 3 is 2.43 bits per heavy atom. The van der Waals surface area contributed by atoms with E-state index in [-0.39, 0.29) is 18.0 Å². The predicted octanol–water partition coefficient (Wildman–Crippen LogP) is 1.71. The molecule has 1 heterocycles. The number of carbonyl (C=O) groups is 1. The highest BCUT2D eigenvalue weighted by atomic mass is 16.2. The van der Waals surface area contributed by atoms with Crippen LogP contribution in [0.4, 0.5) is 11.4 Å². The predicted molar refractivity (Wildman–Crippen MR) is 84.4 cm³/mol. The van der Waals surface area contributed by atoms with Gasteiger partial charge in [-0.15, -0.1) is 0 Å². The van der Waals surface area contributed by atoms with Crippen LogP contribution in [0.15, 0.2) is 41.3 Å². The van der Waals surface area contributed by atoms with Crippen molar-refractivity contribution in [2.75, 3.05) is 17.7 Å². The lowest BCUT2D eigenvalue weighted by atomic mass is 10.1. The van der Waals surface area contributed by atoms with Crippen LogP contribution in [0.1, 0.15) is 11.1 Å². The van der Waals surface area contributed by atoms with Gasteiger partial charge in [-0.1, -0.05) is 6.07 Å². The molecule has 0 aliphatic heterocycles. The molecule has 1 aromatic carbocycles. The average molecular weight is 285 g/mol. The fraction of sp³-hybridized carbons (Fsp3) is 0.250. The van der Waals surface area contributed by atoms with Gasteiger partial charge < -0.3 is 15.2 Å². The number of pyridine rings is 1. The van der Waals surface area contributed by atoms with Gasteiger partial charge >= 0.3 is 0 Å². The Hall–Kier alpha value is -2.56. The number of hydrogen-bond donors (Lipinski definition) is 1. The van der Waals surface area contributed by atoms with Crippen LogP contribution in [-0.2, 0) is 11.3 Å². The quantitative estimate of drug-likeness (QED) is 0.933. The zero-order chi connectivity index (χ0) is 15.6. The molecule has 1 amide bonds. The second kappa shape index (κ2) is 5.83. The lowest BCUT2D eigenvalue weighted by molar-refractivity contribution is -0.118. The van der Waals surface area contributed by atoms with E-state index in [0.29, 0.717) is 5.69 Å². The number of benzene rings is 1. The molecule has 0 bridgehead atoms. The minimum absolute atomic E-state index is 0.0344. The monoisotopic (exact) mass is 285 g/mol. The standard InChI is InChI=1S/C16H19N3O2/c1-11-6-12(2)8-14(7-11)18(3)16(21)10-19-9-13(17)4-5-15(19)20/h4-9H,10,17H2,1-3H3. The molecule has 0 saturated carbocycles. The van der Waals surface area contributed by atoms with Crippen LogP contribution in [0, 0.1) is 13.8 Å². The first-order valence-electron chi connectivity index (χ1n) is 6.67. The zero-order valence-corrected chi connectivity index (χ0v) is 12.5. The van der Waals surface area contributed by atoms with Gasteiger partial charge in [-0.05, 0) is 43.2 Å². The second-order valence-corrected chi connectivity index (χ2v) is 5.23. The maximum atomic E-state index is 12.3. The molecule has 0 saturated heterocycles. The first-order chi connectivity index (χ1) is 9.86. The lowest BCUT2D eigenvalue weighted by Crippen LogP contribution is -2.33. The Bertz CT molecular complexity index is 714. The summed E-state index contributed by atoms with van der Waals surface area (Å²) in [5, 5.41) is 0. The van der Waals surface area contributed by atoms with Crippen molar-refractivity contribution in [2.45, 2.75) is 20.4 Å². The third kappa shape index (κ3) is 3.51. The van der Waals surface area contributed by atoms with Crippen molar-refractivity contribution in [2.24, 2.45) is 0 Å². The molecule has 0 atom stereocenters. The fourth-order valence-electron chi connectivity index (χ4n) is 2.21. The van der Waals surface area contributed by atoms with Gasteiger partial charge in [0.2, 0.25) is 5.91 Å². The number of amides is 1. The van der Waals surface area contributed by atoms with E-state index in [4.69, 9.17) is 5.73 Å². The Morgan fingerprint density at radius 2 is 1.81 bits per heavy atom. The van der Waals surface area contributed by atoms with E-state index in [1.165, 1.54) is 22.9 Å². The fourth-order valence-corrected chi connectivity index (χ4v) is 2.21. The van der Waals surface area contributed by atoms with E-state index in [1.807, 2.05) is 32.0 Å². The molecule has 2 aromatic rings. The first kappa shape index (κ1) is 14.8. The second-order valence-electron chi connectivity index (χ2n) is 5.23.